The van der Waals surface area contributed by atoms with Crippen molar-refractivity contribution in [2.75, 3.05) is 0 Å². The van der Waals surface area contributed by atoms with Gasteiger partial charge in [-0.2, -0.15) is 0 Å². The average molecular weight is 612 g/mol. The van der Waals surface area contributed by atoms with Crippen LogP contribution in [0.2, 0.25) is 0 Å². The van der Waals surface area contributed by atoms with Gasteiger partial charge in [0, 0.05) is 39.0 Å². The van der Waals surface area contributed by atoms with Crippen LogP contribution in [0.3, 0.4) is 0 Å². The molecule has 2 nitrogen and oxygen atoms in total. The molecule has 10 rings (SSSR count). The Balaban J connectivity index is 1.25. The van der Waals surface area contributed by atoms with Crippen molar-refractivity contribution in [3.05, 3.63) is 185 Å². The molecule has 0 N–H and O–H groups in total. The zero-order chi connectivity index (χ0) is 31.8. The molecule has 2 heteroatoms. The normalized spacial score (nSPS) is 15.0. The Kier molecular flexibility index (Phi) is 5.84. The van der Waals surface area contributed by atoms with Gasteiger partial charge in [-0.15, -0.1) is 5.73 Å². The van der Waals surface area contributed by atoms with Crippen LogP contribution in [-0.2, 0) is 0 Å². The highest BCUT2D eigenvalue weighted by Crippen LogP contribution is 2.52. The van der Waals surface area contributed by atoms with Crippen LogP contribution in [-0.4, -0.2) is 5.71 Å². The summed E-state index contributed by atoms with van der Waals surface area (Å²) in [6.07, 6.45) is 0. The SMILES string of the molecule is CC1=C=C(C2c3ccccc3-c3cc4c(cc32)oc2ccc3ccccc3c24)C(c2cccc(-c3ccccc3)c2)=Nc2ccccc21. The number of furan rings is 1. The molecule has 1 aromatic heterocycles. The molecule has 0 saturated carbocycles. The van der Waals surface area contributed by atoms with Crippen molar-refractivity contribution < 1.29 is 4.42 Å². The third-order valence-corrected chi connectivity index (χ3v) is 10.1. The summed E-state index contributed by atoms with van der Waals surface area (Å²) >= 11 is 0. The predicted octanol–water partition coefficient (Wildman–Crippen LogP) is 12.3. The first-order chi connectivity index (χ1) is 23.7. The first-order valence-electron chi connectivity index (χ1n) is 16.5. The molecular formula is C46H29NO. The maximum Gasteiger partial charge on any atom is 0.136 e. The third-order valence-electron chi connectivity index (χ3n) is 10.1. The highest BCUT2D eigenvalue weighted by atomic mass is 16.3. The van der Waals surface area contributed by atoms with Crippen LogP contribution in [0.15, 0.2) is 172 Å². The van der Waals surface area contributed by atoms with Gasteiger partial charge in [0.25, 0.3) is 0 Å². The largest absolute Gasteiger partial charge is 0.456 e. The number of para-hydroxylation sites is 1. The Morgan fingerprint density at radius 3 is 2.21 bits per heavy atom. The summed E-state index contributed by atoms with van der Waals surface area (Å²) in [7, 11) is 0. The fourth-order valence-electron chi connectivity index (χ4n) is 7.86. The summed E-state index contributed by atoms with van der Waals surface area (Å²) in [6.45, 7) is 2.16. The van der Waals surface area contributed by atoms with Crippen LogP contribution in [0.1, 0.15) is 35.1 Å². The minimum atomic E-state index is -0.0750. The number of fused-ring (bicyclic) bond motifs is 9. The van der Waals surface area contributed by atoms with Crippen LogP contribution in [0.25, 0.3) is 60.5 Å². The summed E-state index contributed by atoms with van der Waals surface area (Å²) in [5.41, 5.74) is 19.3. The molecular weight excluding hydrogens is 583 g/mol. The van der Waals surface area contributed by atoms with E-state index < -0.39 is 0 Å². The number of hydrogen-bond acceptors (Lipinski definition) is 2. The highest BCUT2D eigenvalue weighted by molar-refractivity contribution is 6.21. The van der Waals surface area contributed by atoms with E-state index in [1.54, 1.807) is 0 Å². The molecule has 0 bridgehead atoms. The zero-order valence-electron chi connectivity index (χ0n) is 26.4. The summed E-state index contributed by atoms with van der Waals surface area (Å²) in [6, 6.07) is 54.1. The van der Waals surface area contributed by atoms with Crippen molar-refractivity contribution in [1.82, 2.24) is 0 Å². The minimum absolute atomic E-state index is 0.0750. The number of hydrogen-bond donors (Lipinski definition) is 0. The van der Waals surface area contributed by atoms with Crippen LogP contribution in [0, 0.1) is 0 Å². The lowest BCUT2D eigenvalue weighted by Gasteiger charge is -2.19. The van der Waals surface area contributed by atoms with Gasteiger partial charge in [-0.25, -0.2) is 4.99 Å². The second-order valence-corrected chi connectivity index (χ2v) is 12.8. The molecule has 1 atom stereocenters. The Bertz CT molecular complexity index is 2720. The van der Waals surface area contributed by atoms with Gasteiger partial charge in [0.05, 0.1) is 11.4 Å². The van der Waals surface area contributed by atoms with Crippen LogP contribution in [0.5, 0.6) is 0 Å². The molecule has 224 valence electrons. The molecule has 1 unspecified atom stereocenters. The monoisotopic (exact) mass is 611 g/mol. The van der Waals surface area contributed by atoms with E-state index in [1.165, 1.54) is 44.0 Å². The minimum Gasteiger partial charge on any atom is -0.456 e. The van der Waals surface area contributed by atoms with Gasteiger partial charge in [0.15, 0.2) is 0 Å². The molecule has 7 aromatic carbocycles. The maximum atomic E-state index is 6.63. The lowest BCUT2D eigenvalue weighted by molar-refractivity contribution is 0.668. The van der Waals surface area contributed by atoms with E-state index in [0.717, 1.165) is 55.8 Å². The van der Waals surface area contributed by atoms with Crippen molar-refractivity contribution >= 4 is 49.7 Å². The fraction of sp³-hybridized carbons (Fsp3) is 0.0435. The van der Waals surface area contributed by atoms with Crippen molar-refractivity contribution in [1.29, 1.82) is 0 Å². The quantitative estimate of drug-likeness (QED) is 0.183. The molecule has 0 amide bonds. The van der Waals surface area contributed by atoms with E-state index in [4.69, 9.17) is 9.41 Å². The number of benzene rings is 7. The van der Waals surface area contributed by atoms with Gasteiger partial charge in [-0.1, -0.05) is 121 Å². The predicted molar refractivity (Wildman–Crippen MR) is 199 cm³/mol. The second kappa shape index (κ2) is 10.4. The van der Waals surface area contributed by atoms with Gasteiger partial charge in [0.2, 0.25) is 0 Å². The maximum absolute atomic E-state index is 6.63. The molecule has 0 fully saturated rings. The van der Waals surface area contributed by atoms with Crippen LogP contribution < -0.4 is 0 Å². The number of aliphatic imine (C=N–C) groups is 1. The van der Waals surface area contributed by atoms with Gasteiger partial charge in [0.1, 0.15) is 11.2 Å². The molecule has 48 heavy (non-hydrogen) atoms. The van der Waals surface area contributed by atoms with Crippen LogP contribution in [0.4, 0.5) is 5.69 Å². The first-order valence-corrected chi connectivity index (χ1v) is 16.5. The van der Waals surface area contributed by atoms with Gasteiger partial charge in [-0.3, -0.25) is 0 Å². The summed E-state index contributed by atoms with van der Waals surface area (Å²) in [5, 5.41) is 4.75. The van der Waals surface area contributed by atoms with Gasteiger partial charge in [-0.05, 0) is 81.4 Å². The number of rotatable bonds is 3. The molecule has 0 radical (unpaired) electrons. The van der Waals surface area contributed by atoms with Crippen molar-refractivity contribution in [3.63, 3.8) is 0 Å². The standard InChI is InChI=1S/C46H29NO/c1-28-24-40(46(47-41-21-10-9-17-33(28)41)32-16-11-15-31(25-32)29-12-3-2-4-13-29)44-36-20-8-7-19-35(36)37-26-39-43(27-38(37)44)48-42-23-22-30-14-5-6-18-34(30)45(39)42/h2-23,25-27,44H,1H3. The summed E-state index contributed by atoms with van der Waals surface area (Å²) < 4.78 is 6.63. The topological polar surface area (TPSA) is 25.5 Å². The molecule has 0 saturated heterocycles. The van der Waals surface area contributed by atoms with Crippen LogP contribution >= 0.6 is 0 Å². The van der Waals surface area contributed by atoms with Gasteiger partial charge < -0.3 is 4.42 Å². The lowest BCUT2D eigenvalue weighted by atomic mass is 9.83. The van der Waals surface area contributed by atoms with E-state index >= 15 is 0 Å². The fourth-order valence-corrected chi connectivity index (χ4v) is 7.86. The second-order valence-electron chi connectivity index (χ2n) is 12.8. The third kappa shape index (κ3) is 4.04. The lowest BCUT2D eigenvalue weighted by Crippen LogP contribution is -2.12. The number of nitrogens with zero attached hydrogens (tertiary/aromatic N) is 1. The molecule has 0 spiro atoms. The molecule has 1 aliphatic carbocycles. The Morgan fingerprint density at radius 2 is 1.29 bits per heavy atom. The van der Waals surface area contributed by atoms with Crippen molar-refractivity contribution in [3.8, 4) is 22.3 Å². The van der Waals surface area contributed by atoms with E-state index in [2.05, 4.69) is 164 Å². The van der Waals surface area contributed by atoms with Crippen molar-refractivity contribution in [2.45, 2.75) is 12.8 Å². The van der Waals surface area contributed by atoms with E-state index in [9.17, 15) is 0 Å². The summed E-state index contributed by atoms with van der Waals surface area (Å²) in [4.78, 5) is 5.47. The first kappa shape index (κ1) is 27.0. The van der Waals surface area contributed by atoms with E-state index in [0.29, 0.717) is 0 Å². The molecule has 8 aromatic rings. The Morgan fingerprint density at radius 1 is 0.542 bits per heavy atom. The Labute approximate surface area is 278 Å². The smallest absolute Gasteiger partial charge is 0.136 e. The summed E-state index contributed by atoms with van der Waals surface area (Å²) in [5.74, 6) is -0.0750. The molecule has 2 heterocycles. The van der Waals surface area contributed by atoms with Gasteiger partial charge >= 0.3 is 0 Å². The number of allylic oxidation sites excluding steroid dienone is 1. The van der Waals surface area contributed by atoms with E-state index in [1.807, 2.05) is 0 Å². The van der Waals surface area contributed by atoms with E-state index in [-0.39, 0.29) is 5.92 Å². The molecule has 1 aliphatic heterocycles. The van der Waals surface area contributed by atoms with Crippen molar-refractivity contribution in [2.24, 2.45) is 4.99 Å². The Hall–Kier alpha value is -6.21. The molecule has 2 aliphatic rings. The highest BCUT2D eigenvalue weighted by Gasteiger charge is 2.35. The average Bonchev–Trinajstić information content (AvgIpc) is 3.62. The zero-order valence-corrected chi connectivity index (χ0v) is 26.4.